The van der Waals surface area contributed by atoms with Crippen molar-refractivity contribution in [3.8, 4) is 0 Å². The van der Waals surface area contributed by atoms with Crippen LogP contribution in [0.25, 0.3) is 0 Å². The van der Waals surface area contributed by atoms with Gasteiger partial charge in [-0.2, -0.15) is 0 Å². The highest BCUT2D eigenvalue weighted by Gasteiger charge is 2.31. The van der Waals surface area contributed by atoms with E-state index in [4.69, 9.17) is 0 Å². The fourth-order valence-electron chi connectivity index (χ4n) is 2.39. The van der Waals surface area contributed by atoms with Crippen LogP contribution in [0.5, 0.6) is 0 Å². The van der Waals surface area contributed by atoms with Crippen molar-refractivity contribution in [3.05, 3.63) is 23.9 Å². The number of anilines is 1. The molecule has 94 valence electrons. The predicted molar refractivity (Wildman–Crippen MR) is 73.3 cm³/mol. The second-order valence-electron chi connectivity index (χ2n) is 5.92. The molecule has 2 rings (SSSR count). The van der Waals surface area contributed by atoms with Crippen LogP contribution >= 0.6 is 0 Å². The van der Waals surface area contributed by atoms with Gasteiger partial charge in [-0.3, -0.25) is 0 Å². The highest BCUT2D eigenvalue weighted by Crippen LogP contribution is 2.35. The fourth-order valence-corrected chi connectivity index (χ4v) is 2.39. The van der Waals surface area contributed by atoms with Gasteiger partial charge in [0.25, 0.3) is 0 Å². The van der Waals surface area contributed by atoms with Crippen LogP contribution in [0.15, 0.2) is 18.2 Å². The van der Waals surface area contributed by atoms with E-state index in [1.807, 2.05) is 0 Å². The lowest BCUT2D eigenvalue weighted by Gasteiger charge is -2.38. The SMILES string of the molecule is CC(C)c1cccc(NC2CC(C(C)C)C2)n1. The van der Waals surface area contributed by atoms with Crippen molar-refractivity contribution in [2.75, 3.05) is 5.32 Å². The summed E-state index contributed by atoms with van der Waals surface area (Å²) in [5.41, 5.74) is 1.18. The van der Waals surface area contributed by atoms with Gasteiger partial charge in [0.2, 0.25) is 0 Å². The molecule has 1 aliphatic carbocycles. The Bertz CT molecular complexity index is 365. The zero-order chi connectivity index (χ0) is 12.4. The molecule has 0 radical (unpaired) electrons. The summed E-state index contributed by atoms with van der Waals surface area (Å²) in [5, 5.41) is 3.55. The van der Waals surface area contributed by atoms with E-state index in [1.54, 1.807) is 0 Å². The number of aromatic nitrogens is 1. The van der Waals surface area contributed by atoms with Crippen molar-refractivity contribution in [2.45, 2.75) is 52.5 Å². The van der Waals surface area contributed by atoms with Crippen molar-refractivity contribution < 1.29 is 0 Å². The number of hydrogen-bond acceptors (Lipinski definition) is 2. The van der Waals surface area contributed by atoms with E-state index in [0.29, 0.717) is 12.0 Å². The van der Waals surface area contributed by atoms with Gasteiger partial charge in [0.05, 0.1) is 0 Å². The van der Waals surface area contributed by atoms with Gasteiger partial charge in [-0.1, -0.05) is 33.8 Å². The molecule has 1 N–H and O–H groups in total. The molecule has 0 amide bonds. The molecule has 17 heavy (non-hydrogen) atoms. The van der Waals surface area contributed by atoms with Gasteiger partial charge < -0.3 is 5.32 Å². The molecule has 0 spiro atoms. The van der Waals surface area contributed by atoms with Gasteiger partial charge in [-0.15, -0.1) is 0 Å². The largest absolute Gasteiger partial charge is 0.367 e. The summed E-state index contributed by atoms with van der Waals surface area (Å²) >= 11 is 0. The second kappa shape index (κ2) is 5.07. The molecule has 0 atom stereocenters. The Morgan fingerprint density at radius 1 is 1.18 bits per heavy atom. The summed E-state index contributed by atoms with van der Waals surface area (Å²) in [6.45, 7) is 9.01. The molecule has 1 saturated carbocycles. The van der Waals surface area contributed by atoms with E-state index in [-0.39, 0.29) is 0 Å². The lowest BCUT2D eigenvalue weighted by Crippen LogP contribution is -2.38. The monoisotopic (exact) mass is 232 g/mol. The summed E-state index contributed by atoms with van der Waals surface area (Å²) in [6.07, 6.45) is 2.59. The van der Waals surface area contributed by atoms with E-state index in [1.165, 1.54) is 18.5 Å². The third kappa shape index (κ3) is 2.99. The minimum Gasteiger partial charge on any atom is -0.367 e. The van der Waals surface area contributed by atoms with Crippen molar-refractivity contribution in [3.63, 3.8) is 0 Å². The summed E-state index contributed by atoms with van der Waals surface area (Å²) in [6, 6.07) is 6.92. The number of hydrogen-bond donors (Lipinski definition) is 1. The Hall–Kier alpha value is -1.05. The minimum atomic E-state index is 0.501. The lowest BCUT2D eigenvalue weighted by atomic mass is 9.74. The Morgan fingerprint density at radius 2 is 1.88 bits per heavy atom. The molecule has 0 aliphatic heterocycles. The maximum absolute atomic E-state index is 4.65. The quantitative estimate of drug-likeness (QED) is 0.847. The van der Waals surface area contributed by atoms with E-state index >= 15 is 0 Å². The predicted octanol–water partition coefficient (Wildman–Crippen LogP) is 4.05. The van der Waals surface area contributed by atoms with Gasteiger partial charge in [0, 0.05) is 11.7 Å². The normalized spacial score (nSPS) is 23.9. The molecule has 0 bridgehead atoms. The minimum absolute atomic E-state index is 0.501. The second-order valence-corrected chi connectivity index (χ2v) is 5.92. The molecular formula is C15H24N2. The Balaban J connectivity index is 1.90. The molecular weight excluding hydrogens is 208 g/mol. The highest BCUT2D eigenvalue weighted by molar-refractivity contribution is 5.37. The number of rotatable bonds is 4. The standard InChI is InChI=1S/C15H24N2/c1-10(2)12-8-13(9-12)16-15-7-5-6-14(17-15)11(3)4/h5-7,10-13H,8-9H2,1-4H3,(H,16,17). The first-order valence-electron chi connectivity index (χ1n) is 6.79. The number of nitrogens with zero attached hydrogens (tertiary/aromatic N) is 1. The van der Waals surface area contributed by atoms with E-state index in [2.05, 4.69) is 56.2 Å². The molecule has 1 aromatic heterocycles. The van der Waals surface area contributed by atoms with Crippen LogP contribution < -0.4 is 5.32 Å². The van der Waals surface area contributed by atoms with Gasteiger partial charge in [-0.05, 0) is 42.7 Å². The molecule has 1 aromatic rings. The van der Waals surface area contributed by atoms with Crippen molar-refractivity contribution >= 4 is 5.82 Å². The molecule has 0 saturated heterocycles. The van der Waals surface area contributed by atoms with Gasteiger partial charge >= 0.3 is 0 Å². The third-order valence-electron chi connectivity index (χ3n) is 3.83. The van der Waals surface area contributed by atoms with Crippen molar-refractivity contribution in [1.29, 1.82) is 0 Å². The molecule has 1 fully saturated rings. The summed E-state index contributed by atoms with van der Waals surface area (Å²) in [5.74, 6) is 3.27. The van der Waals surface area contributed by atoms with Crippen molar-refractivity contribution in [1.82, 2.24) is 4.98 Å². The topological polar surface area (TPSA) is 24.9 Å². The first kappa shape index (κ1) is 12.4. The zero-order valence-electron chi connectivity index (χ0n) is 11.4. The van der Waals surface area contributed by atoms with Crippen LogP contribution in [0.2, 0.25) is 0 Å². The average Bonchev–Trinajstić information content (AvgIpc) is 2.22. The number of nitrogens with one attached hydrogen (secondary N) is 1. The molecule has 1 aliphatic rings. The molecule has 2 heteroatoms. The summed E-state index contributed by atoms with van der Waals surface area (Å²) < 4.78 is 0. The van der Waals surface area contributed by atoms with E-state index in [0.717, 1.165) is 17.7 Å². The Kier molecular flexibility index (Phi) is 3.70. The van der Waals surface area contributed by atoms with Crippen LogP contribution in [0, 0.1) is 11.8 Å². The number of pyridine rings is 1. The highest BCUT2D eigenvalue weighted by atomic mass is 15.0. The smallest absolute Gasteiger partial charge is 0.126 e. The Labute approximate surface area is 105 Å². The van der Waals surface area contributed by atoms with Crippen LogP contribution in [-0.2, 0) is 0 Å². The lowest BCUT2D eigenvalue weighted by molar-refractivity contribution is 0.211. The third-order valence-corrected chi connectivity index (χ3v) is 3.83. The first-order valence-corrected chi connectivity index (χ1v) is 6.79. The maximum Gasteiger partial charge on any atom is 0.126 e. The van der Waals surface area contributed by atoms with Gasteiger partial charge in [0.1, 0.15) is 5.82 Å². The van der Waals surface area contributed by atoms with Crippen molar-refractivity contribution in [2.24, 2.45) is 11.8 Å². The summed E-state index contributed by atoms with van der Waals surface area (Å²) in [4.78, 5) is 4.65. The van der Waals surface area contributed by atoms with E-state index in [9.17, 15) is 0 Å². The van der Waals surface area contributed by atoms with Gasteiger partial charge in [0.15, 0.2) is 0 Å². The molecule has 2 nitrogen and oxygen atoms in total. The maximum atomic E-state index is 4.65. The average molecular weight is 232 g/mol. The molecule has 0 aromatic carbocycles. The molecule has 1 heterocycles. The fraction of sp³-hybridized carbons (Fsp3) is 0.667. The van der Waals surface area contributed by atoms with Gasteiger partial charge in [-0.25, -0.2) is 4.98 Å². The molecule has 0 unspecified atom stereocenters. The van der Waals surface area contributed by atoms with Crippen LogP contribution in [0.1, 0.15) is 52.1 Å². The Morgan fingerprint density at radius 3 is 2.47 bits per heavy atom. The zero-order valence-corrected chi connectivity index (χ0v) is 11.4. The van der Waals surface area contributed by atoms with Crippen LogP contribution in [-0.4, -0.2) is 11.0 Å². The van der Waals surface area contributed by atoms with E-state index < -0.39 is 0 Å². The van der Waals surface area contributed by atoms with Crippen LogP contribution in [0.4, 0.5) is 5.82 Å². The first-order chi connectivity index (χ1) is 8.06. The van der Waals surface area contributed by atoms with Crippen LogP contribution in [0.3, 0.4) is 0 Å². The summed E-state index contributed by atoms with van der Waals surface area (Å²) in [7, 11) is 0.